The van der Waals surface area contributed by atoms with Crippen LogP contribution in [0.3, 0.4) is 0 Å². The molecule has 0 radical (unpaired) electrons. The van der Waals surface area contributed by atoms with Crippen molar-refractivity contribution >= 4 is 71.7 Å². The van der Waals surface area contributed by atoms with Crippen molar-refractivity contribution in [3.05, 3.63) is 176 Å². The fraction of sp³-hybridized carbons (Fsp3) is 0. The first-order chi connectivity index (χ1) is 24.3. The van der Waals surface area contributed by atoms with E-state index < -0.39 is 0 Å². The summed E-state index contributed by atoms with van der Waals surface area (Å²) in [5.74, 6) is 0. The predicted octanol–water partition coefficient (Wildman–Crippen LogP) is 13.4. The third-order valence-electron chi connectivity index (χ3n) is 9.65. The molecule has 0 saturated carbocycles. The zero-order valence-electron chi connectivity index (χ0n) is 26.5. The van der Waals surface area contributed by atoms with Crippen LogP contribution in [0.2, 0.25) is 0 Å². The summed E-state index contributed by atoms with van der Waals surface area (Å²) in [4.78, 5) is 2.30. The van der Waals surface area contributed by atoms with Crippen LogP contribution >= 0.6 is 0 Å². The monoisotopic (exact) mass is 627 g/mol. The van der Waals surface area contributed by atoms with E-state index >= 15 is 0 Å². The van der Waals surface area contributed by atoms with E-state index in [1.165, 1.54) is 21.9 Å². The molecule has 0 N–H and O–H groups in total. The third-order valence-corrected chi connectivity index (χ3v) is 9.65. The number of rotatable bonds is 5. The molecule has 0 fully saturated rings. The fourth-order valence-corrected chi connectivity index (χ4v) is 7.27. The maximum absolute atomic E-state index is 6.85. The summed E-state index contributed by atoms with van der Waals surface area (Å²) in [5, 5.41) is 6.59. The minimum atomic E-state index is 0.833. The minimum absolute atomic E-state index is 0.833. The van der Waals surface area contributed by atoms with Crippen LogP contribution < -0.4 is 4.90 Å². The Bertz CT molecular complexity index is 2810. The van der Waals surface area contributed by atoms with E-state index in [0.29, 0.717) is 0 Å². The first-order valence-electron chi connectivity index (χ1n) is 16.6. The van der Waals surface area contributed by atoms with Crippen LogP contribution in [0.15, 0.2) is 185 Å². The average Bonchev–Trinajstić information content (AvgIpc) is 3.73. The lowest BCUT2D eigenvalue weighted by Crippen LogP contribution is -2.10. The topological polar surface area (TPSA) is 29.5 Å². The highest BCUT2D eigenvalue weighted by atomic mass is 16.3. The number of hydrogen-bond acceptors (Lipinski definition) is 3. The number of hydrogen-bond donors (Lipinski definition) is 0. The molecule has 10 rings (SSSR count). The molecule has 0 spiro atoms. The van der Waals surface area contributed by atoms with Gasteiger partial charge in [-0.3, -0.25) is 0 Å². The summed E-state index contributed by atoms with van der Waals surface area (Å²) in [7, 11) is 0. The Morgan fingerprint density at radius 1 is 0.347 bits per heavy atom. The van der Waals surface area contributed by atoms with Gasteiger partial charge in [0.2, 0.25) is 0 Å². The highest BCUT2D eigenvalue weighted by molar-refractivity contribution is 6.18. The fourth-order valence-electron chi connectivity index (χ4n) is 7.27. The number of para-hydroxylation sites is 2. The molecule has 0 aliphatic rings. The summed E-state index contributed by atoms with van der Waals surface area (Å²) in [6, 6.07) is 61.9. The summed E-state index contributed by atoms with van der Waals surface area (Å²) in [5.41, 5.74) is 11.1. The van der Waals surface area contributed by atoms with Crippen molar-refractivity contribution in [3.63, 3.8) is 0 Å². The molecule has 0 bridgehead atoms. The van der Waals surface area contributed by atoms with Crippen molar-refractivity contribution in [3.8, 4) is 22.3 Å². The molecule has 0 aliphatic carbocycles. The van der Waals surface area contributed by atoms with Crippen LogP contribution in [0.25, 0.3) is 76.9 Å². The van der Waals surface area contributed by atoms with E-state index in [-0.39, 0.29) is 0 Å². The molecule has 8 aromatic carbocycles. The zero-order valence-corrected chi connectivity index (χ0v) is 26.5. The Morgan fingerprint density at radius 3 is 1.65 bits per heavy atom. The highest BCUT2D eigenvalue weighted by Gasteiger charge is 2.21. The number of furan rings is 2. The first kappa shape index (κ1) is 27.5. The molecule has 2 heterocycles. The van der Waals surface area contributed by atoms with Crippen molar-refractivity contribution < 1.29 is 8.83 Å². The molecule has 230 valence electrons. The van der Waals surface area contributed by atoms with Gasteiger partial charge in [0.1, 0.15) is 16.7 Å². The summed E-state index contributed by atoms with van der Waals surface area (Å²) < 4.78 is 13.5. The Morgan fingerprint density at radius 2 is 0.918 bits per heavy atom. The SMILES string of the molecule is c1ccc(-c2ccc(N(c3ccc4ccccc4c3)c3cccc4c3oc3cc5c(cc34)oc3c(-c4ccccc4)cccc35)cc2)cc1. The number of nitrogens with zero attached hydrogens (tertiary/aromatic N) is 1. The lowest BCUT2D eigenvalue weighted by atomic mass is 10.0. The number of anilines is 3. The quantitative estimate of drug-likeness (QED) is 0.190. The summed E-state index contributed by atoms with van der Waals surface area (Å²) in [6.45, 7) is 0. The van der Waals surface area contributed by atoms with Crippen LogP contribution in [-0.2, 0) is 0 Å². The molecule has 3 nitrogen and oxygen atoms in total. The van der Waals surface area contributed by atoms with Gasteiger partial charge in [0.15, 0.2) is 5.58 Å². The smallest absolute Gasteiger partial charge is 0.159 e. The van der Waals surface area contributed by atoms with Gasteiger partial charge in [-0.05, 0) is 69.9 Å². The lowest BCUT2D eigenvalue weighted by Gasteiger charge is -2.26. The van der Waals surface area contributed by atoms with Crippen LogP contribution in [0, 0.1) is 0 Å². The van der Waals surface area contributed by atoms with E-state index in [1.54, 1.807) is 0 Å². The minimum Gasteiger partial charge on any atom is -0.455 e. The van der Waals surface area contributed by atoms with Gasteiger partial charge < -0.3 is 13.7 Å². The van der Waals surface area contributed by atoms with E-state index in [4.69, 9.17) is 8.83 Å². The second-order valence-electron chi connectivity index (χ2n) is 12.5. The zero-order chi connectivity index (χ0) is 32.3. The molecule has 10 aromatic rings. The van der Waals surface area contributed by atoms with Crippen LogP contribution in [0.1, 0.15) is 0 Å². The Hall–Kier alpha value is -6.58. The van der Waals surface area contributed by atoms with Crippen molar-refractivity contribution in [1.29, 1.82) is 0 Å². The number of benzene rings is 8. The van der Waals surface area contributed by atoms with Gasteiger partial charge >= 0.3 is 0 Å². The third kappa shape index (κ3) is 4.51. The van der Waals surface area contributed by atoms with E-state index in [0.717, 1.165) is 72.1 Å². The standard InChI is InChI=1S/C46H29NO2/c1-3-11-30(12-4-1)32-21-24-35(25-22-32)47(36-26-23-31-13-7-8-16-34(31)27-36)42-20-10-19-39-41-29-43-40(28-44(41)49-46(39)42)38-18-9-17-37(45(38)48-43)33-14-5-2-6-15-33/h1-29H. The second-order valence-corrected chi connectivity index (χ2v) is 12.5. The van der Waals surface area contributed by atoms with Crippen molar-refractivity contribution in [2.24, 2.45) is 0 Å². The van der Waals surface area contributed by atoms with Gasteiger partial charge in [-0.15, -0.1) is 0 Å². The lowest BCUT2D eigenvalue weighted by molar-refractivity contribution is 0.664. The molecule has 2 aromatic heterocycles. The summed E-state index contributed by atoms with van der Waals surface area (Å²) in [6.07, 6.45) is 0. The van der Waals surface area contributed by atoms with Crippen LogP contribution in [0.5, 0.6) is 0 Å². The highest BCUT2D eigenvalue weighted by Crippen LogP contribution is 2.45. The molecule has 0 amide bonds. The molecule has 49 heavy (non-hydrogen) atoms. The summed E-state index contributed by atoms with van der Waals surface area (Å²) >= 11 is 0. The maximum Gasteiger partial charge on any atom is 0.159 e. The van der Waals surface area contributed by atoms with Crippen LogP contribution in [-0.4, -0.2) is 0 Å². The van der Waals surface area contributed by atoms with Gasteiger partial charge in [0.25, 0.3) is 0 Å². The molecule has 0 unspecified atom stereocenters. The predicted molar refractivity (Wildman–Crippen MR) is 204 cm³/mol. The molecule has 0 saturated heterocycles. The largest absolute Gasteiger partial charge is 0.455 e. The van der Waals surface area contributed by atoms with Gasteiger partial charge in [-0.2, -0.15) is 0 Å². The van der Waals surface area contributed by atoms with Gasteiger partial charge in [0, 0.05) is 38.5 Å². The normalized spacial score (nSPS) is 11.7. The molecule has 0 aliphatic heterocycles. The maximum atomic E-state index is 6.85. The molecular formula is C46H29NO2. The van der Waals surface area contributed by atoms with E-state index in [2.05, 4.69) is 175 Å². The van der Waals surface area contributed by atoms with Crippen molar-refractivity contribution in [1.82, 2.24) is 0 Å². The van der Waals surface area contributed by atoms with E-state index in [9.17, 15) is 0 Å². The van der Waals surface area contributed by atoms with Crippen molar-refractivity contribution in [2.45, 2.75) is 0 Å². The van der Waals surface area contributed by atoms with E-state index in [1.807, 2.05) is 6.07 Å². The Kier molecular flexibility index (Phi) is 6.18. The van der Waals surface area contributed by atoms with Crippen LogP contribution in [0.4, 0.5) is 17.1 Å². The van der Waals surface area contributed by atoms with Gasteiger partial charge in [0.05, 0.1) is 5.69 Å². The average molecular weight is 628 g/mol. The first-order valence-corrected chi connectivity index (χ1v) is 16.6. The Balaban J connectivity index is 1.17. The van der Waals surface area contributed by atoms with Gasteiger partial charge in [-0.1, -0.05) is 133 Å². The molecule has 0 atom stereocenters. The number of fused-ring (bicyclic) bond motifs is 7. The molecule has 3 heteroatoms. The molecular weight excluding hydrogens is 599 g/mol. The van der Waals surface area contributed by atoms with Crippen molar-refractivity contribution in [2.75, 3.05) is 4.90 Å². The second kappa shape index (κ2) is 11.0. The Labute approximate surface area is 282 Å². The van der Waals surface area contributed by atoms with Gasteiger partial charge in [-0.25, -0.2) is 0 Å².